The molecule has 1 saturated carbocycles. The Labute approximate surface area is 105 Å². The minimum atomic E-state index is 0.612. The first kappa shape index (κ1) is 11.3. The molecule has 0 radical (unpaired) electrons. The third kappa shape index (κ3) is 2.55. The average molecular weight is 229 g/mol. The molecular formula is C16H23N. The van der Waals surface area contributed by atoms with Crippen LogP contribution in [-0.4, -0.2) is 6.54 Å². The zero-order valence-corrected chi connectivity index (χ0v) is 10.8. The second-order valence-corrected chi connectivity index (χ2v) is 5.85. The van der Waals surface area contributed by atoms with Gasteiger partial charge in [0.25, 0.3) is 0 Å². The first-order chi connectivity index (χ1) is 8.34. The molecular weight excluding hydrogens is 206 g/mol. The zero-order chi connectivity index (χ0) is 11.7. The standard InChI is InChI=1S/C16H23N/c1-12-6-9-16(17-11-10-13-7-8-13)15-5-3-2-4-14(12)15/h2-5,12-13,16-17H,6-11H2,1H3. The van der Waals surface area contributed by atoms with Crippen LogP contribution >= 0.6 is 0 Å². The molecule has 0 saturated heterocycles. The van der Waals surface area contributed by atoms with Crippen molar-refractivity contribution in [3.05, 3.63) is 35.4 Å². The van der Waals surface area contributed by atoms with Gasteiger partial charge in [0.1, 0.15) is 0 Å². The van der Waals surface area contributed by atoms with Crippen LogP contribution in [0.4, 0.5) is 0 Å². The minimum absolute atomic E-state index is 0.612. The van der Waals surface area contributed by atoms with Gasteiger partial charge in [-0.3, -0.25) is 0 Å². The van der Waals surface area contributed by atoms with Gasteiger partial charge < -0.3 is 5.32 Å². The molecule has 0 heterocycles. The van der Waals surface area contributed by atoms with E-state index in [4.69, 9.17) is 0 Å². The number of benzene rings is 1. The molecule has 1 fully saturated rings. The summed E-state index contributed by atoms with van der Waals surface area (Å²) >= 11 is 0. The van der Waals surface area contributed by atoms with Crippen molar-refractivity contribution < 1.29 is 0 Å². The van der Waals surface area contributed by atoms with Crippen LogP contribution in [0.1, 0.15) is 62.1 Å². The van der Waals surface area contributed by atoms with E-state index in [0.717, 1.165) is 11.8 Å². The number of nitrogens with one attached hydrogen (secondary N) is 1. The molecule has 17 heavy (non-hydrogen) atoms. The highest BCUT2D eigenvalue weighted by molar-refractivity contribution is 5.34. The van der Waals surface area contributed by atoms with Crippen LogP contribution in [0.5, 0.6) is 0 Å². The maximum Gasteiger partial charge on any atom is 0.0323 e. The summed E-state index contributed by atoms with van der Waals surface area (Å²) in [7, 11) is 0. The van der Waals surface area contributed by atoms with Crippen molar-refractivity contribution in [2.45, 2.75) is 51.0 Å². The highest BCUT2D eigenvalue weighted by Gasteiger charge is 2.25. The molecule has 0 aromatic heterocycles. The number of rotatable bonds is 4. The number of fused-ring (bicyclic) bond motifs is 1. The van der Waals surface area contributed by atoms with E-state index in [9.17, 15) is 0 Å². The average Bonchev–Trinajstić information content (AvgIpc) is 3.17. The van der Waals surface area contributed by atoms with E-state index in [1.807, 2.05) is 0 Å². The van der Waals surface area contributed by atoms with Crippen LogP contribution in [0.15, 0.2) is 24.3 Å². The molecule has 92 valence electrons. The van der Waals surface area contributed by atoms with Gasteiger partial charge in [0.05, 0.1) is 0 Å². The Morgan fingerprint density at radius 3 is 2.59 bits per heavy atom. The molecule has 2 aliphatic carbocycles. The second-order valence-electron chi connectivity index (χ2n) is 5.85. The van der Waals surface area contributed by atoms with Crippen LogP contribution < -0.4 is 5.32 Å². The van der Waals surface area contributed by atoms with Gasteiger partial charge in [-0.1, -0.05) is 44.0 Å². The molecule has 3 rings (SSSR count). The lowest BCUT2D eigenvalue weighted by Gasteiger charge is -2.30. The first-order valence-electron chi connectivity index (χ1n) is 7.17. The van der Waals surface area contributed by atoms with Gasteiger partial charge in [0, 0.05) is 6.04 Å². The van der Waals surface area contributed by atoms with Gasteiger partial charge in [-0.15, -0.1) is 0 Å². The predicted octanol–water partition coefficient (Wildman–Crippen LogP) is 4.01. The Morgan fingerprint density at radius 1 is 1.06 bits per heavy atom. The van der Waals surface area contributed by atoms with Crippen LogP contribution in [0.2, 0.25) is 0 Å². The Hall–Kier alpha value is -0.820. The van der Waals surface area contributed by atoms with Crippen LogP contribution in [-0.2, 0) is 0 Å². The highest BCUT2D eigenvalue weighted by Crippen LogP contribution is 2.37. The van der Waals surface area contributed by atoms with E-state index in [2.05, 4.69) is 36.5 Å². The maximum atomic E-state index is 3.77. The highest BCUT2D eigenvalue weighted by atomic mass is 14.9. The van der Waals surface area contributed by atoms with Gasteiger partial charge in [-0.2, -0.15) is 0 Å². The fourth-order valence-electron chi connectivity index (χ4n) is 3.08. The normalized spacial score (nSPS) is 27.8. The summed E-state index contributed by atoms with van der Waals surface area (Å²) in [5.74, 6) is 1.79. The Bertz CT molecular complexity index is 381. The molecule has 1 nitrogen and oxygen atoms in total. The summed E-state index contributed by atoms with van der Waals surface area (Å²) in [5, 5.41) is 3.77. The minimum Gasteiger partial charge on any atom is -0.310 e. The number of hydrogen-bond acceptors (Lipinski definition) is 1. The van der Waals surface area contributed by atoms with Gasteiger partial charge in [-0.05, 0) is 48.8 Å². The van der Waals surface area contributed by atoms with Crippen LogP contribution in [0, 0.1) is 5.92 Å². The summed E-state index contributed by atoms with van der Waals surface area (Å²) in [6, 6.07) is 9.62. The molecule has 2 atom stereocenters. The van der Waals surface area contributed by atoms with Crippen molar-refractivity contribution >= 4 is 0 Å². The molecule has 1 aromatic rings. The summed E-state index contributed by atoms with van der Waals surface area (Å²) < 4.78 is 0. The number of hydrogen-bond donors (Lipinski definition) is 1. The predicted molar refractivity (Wildman–Crippen MR) is 72.2 cm³/mol. The Morgan fingerprint density at radius 2 is 1.82 bits per heavy atom. The Balaban J connectivity index is 1.66. The SMILES string of the molecule is CC1CCC(NCCC2CC2)c2ccccc21. The lowest BCUT2D eigenvalue weighted by molar-refractivity contribution is 0.424. The second kappa shape index (κ2) is 4.81. The van der Waals surface area contributed by atoms with E-state index in [1.54, 1.807) is 11.1 Å². The molecule has 2 unspecified atom stereocenters. The molecule has 0 amide bonds. The molecule has 0 aliphatic heterocycles. The lowest BCUT2D eigenvalue weighted by Crippen LogP contribution is -2.27. The van der Waals surface area contributed by atoms with Gasteiger partial charge in [0.15, 0.2) is 0 Å². The lowest BCUT2D eigenvalue weighted by atomic mass is 9.81. The van der Waals surface area contributed by atoms with E-state index >= 15 is 0 Å². The maximum absolute atomic E-state index is 3.77. The van der Waals surface area contributed by atoms with Crippen molar-refractivity contribution in [3.63, 3.8) is 0 Å². The third-order valence-corrected chi connectivity index (χ3v) is 4.43. The van der Waals surface area contributed by atoms with E-state index in [0.29, 0.717) is 6.04 Å². The molecule has 0 bridgehead atoms. The molecule has 1 heteroatoms. The van der Waals surface area contributed by atoms with Gasteiger partial charge in [-0.25, -0.2) is 0 Å². The quantitative estimate of drug-likeness (QED) is 0.822. The van der Waals surface area contributed by atoms with Crippen molar-refractivity contribution in [1.82, 2.24) is 5.32 Å². The summed E-state index contributed by atoms with van der Waals surface area (Å²) in [6.45, 7) is 3.57. The molecule has 0 spiro atoms. The fourth-order valence-corrected chi connectivity index (χ4v) is 3.08. The topological polar surface area (TPSA) is 12.0 Å². The molecule has 1 aromatic carbocycles. The van der Waals surface area contributed by atoms with Crippen molar-refractivity contribution in [2.75, 3.05) is 6.54 Å². The van der Waals surface area contributed by atoms with Crippen LogP contribution in [0.3, 0.4) is 0 Å². The van der Waals surface area contributed by atoms with Crippen molar-refractivity contribution in [3.8, 4) is 0 Å². The van der Waals surface area contributed by atoms with Gasteiger partial charge >= 0.3 is 0 Å². The molecule has 2 aliphatic rings. The zero-order valence-electron chi connectivity index (χ0n) is 10.8. The van der Waals surface area contributed by atoms with Gasteiger partial charge in [0.2, 0.25) is 0 Å². The van der Waals surface area contributed by atoms with E-state index in [1.165, 1.54) is 38.6 Å². The molecule has 1 N–H and O–H groups in total. The fraction of sp³-hybridized carbons (Fsp3) is 0.625. The smallest absolute Gasteiger partial charge is 0.0323 e. The Kier molecular flexibility index (Phi) is 3.19. The largest absolute Gasteiger partial charge is 0.310 e. The van der Waals surface area contributed by atoms with Crippen molar-refractivity contribution in [2.24, 2.45) is 5.92 Å². The first-order valence-corrected chi connectivity index (χ1v) is 7.17. The monoisotopic (exact) mass is 229 g/mol. The van der Waals surface area contributed by atoms with Crippen molar-refractivity contribution in [1.29, 1.82) is 0 Å². The third-order valence-electron chi connectivity index (χ3n) is 4.43. The summed E-state index contributed by atoms with van der Waals surface area (Å²) in [5.41, 5.74) is 3.13. The van der Waals surface area contributed by atoms with Crippen LogP contribution in [0.25, 0.3) is 0 Å². The van der Waals surface area contributed by atoms with E-state index in [-0.39, 0.29) is 0 Å². The van der Waals surface area contributed by atoms with E-state index < -0.39 is 0 Å². The summed E-state index contributed by atoms with van der Waals surface area (Å²) in [4.78, 5) is 0. The summed E-state index contributed by atoms with van der Waals surface area (Å²) in [6.07, 6.45) is 6.97.